The molecule has 1 aromatic rings. The van der Waals surface area contributed by atoms with Crippen LogP contribution in [0.1, 0.15) is 24.0 Å². The van der Waals surface area contributed by atoms with Crippen molar-refractivity contribution >= 4 is 17.5 Å². The number of nitrogens with one attached hydrogen (secondary N) is 3. The Balaban J connectivity index is 1.94. The van der Waals surface area contributed by atoms with Crippen molar-refractivity contribution in [2.24, 2.45) is 5.41 Å². The van der Waals surface area contributed by atoms with Crippen molar-refractivity contribution in [3.63, 3.8) is 0 Å². The second kappa shape index (κ2) is 8.26. The topological polar surface area (TPSA) is 79.5 Å². The molecule has 2 amide bonds. The molecule has 1 heterocycles. The molecular weight excluding hydrogens is 306 g/mol. The number of carbonyl (C=O) groups is 2. The molecule has 0 unspecified atom stereocenters. The van der Waals surface area contributed by atoms with E-state index in [-0.39, 0.29) is 18.4 Å². The van der Waals surface area contributed by atoms with Gasteiger partial charge in [0, 0.05) is 12.8 Å². The van der Waals surface area contributed by atoms with Gasteiger partial charge in [0.1, 0.15) is 0 Å². The second-order valence-electron chi connectivity index (χ2n) is 6.46. The number of aryl methyl sites for hydroxylation is 2. The molecule has 1 aliphatic rings. The van der Waals surface area contributed by atoms with Gasteiger partial charge in [0.15, 0.2) is 0 Å². The van der Waals surface area contributed by atoms with E-state index in [0.717, 1.165) is 29.9 Å². The number of rotatable bonds is 6. The van der Waals surface area contributed by atoms with Crippen molar-refractivity contribution in [2.45, 2.75) is 26.7 Å². The smallest absolute Gasteiger partial charge is 0.243 e. The van der Waals surface area contributed by atoms with Crippen LogP contribution in [0.25, 0.3) is 0 Å². The molecule has 0 spiro atoms. The van der Waals surface area contributed by atoms with Gasteiger partial charge in [-0.2, -0.15) is 0 Å². The number of carbonyl (C=O) groups excluding carboxylic acids is 2. The van der Waals surface area contributed by atoms with Gasteiger partial charge in [-0.1, -0.05) is 18.2 Å². The molecule has 1 saturated heterocycles. The number of hydrogen-bond donors (Lipinski definition) is 3. The molecule has 2 rings (SSSR count). The SMILES string of the molecule is COCC1(C(=O)NCC(=O)Nc2c(C)cccc2C)CCNCC1. The maximum atomic E-state index is 12.6. The highest BCUT2D eigenvalue weighted by Crippen LogP contribution is 2.29. The van der Waals surface area contributed by atoms with Gasteiger partial charge in [0.25, 0.3) is 0 Å². The number of anilines is 1. The Morgan fingerprint density at radius 2 is 1.83 bits per heavy atom. The minimum absolute atomic E-state index is 0.0362. The van der Waals surface area contributed by atoms with Gasteiger partial charge in [0.05, 0.1) is 18.6 Å². The maximum absolute atomic E-state index is 12.6. The Morgan fingerprint density at radius 1 is 1.21 bits per heavy atom. The third-order valence-corrected chi connectivity index (χ3v) is 4.62. The van der Waals surface area contributed by atoms with Gasteiger partial charge in [-0.3, -0.25) is 9.59 Å². The summed E-state index contributed by atoms with van der Waals surface area (Å²) in [5.41, 5.74) is 2.27. The van der Waals surface area contributed by atoms with E-state index >= 15 is 0 Å². The van der Waals surface area contributed by atoms with E-state index in [0.29, 0.717) is 19.4 Å². The predicted molar refractivity (Wildman–Crippen MR) is 94.0 cm³/mol. The van der Waals surface area contributed by atoms with Crippen LogP contribution in [0.2, 0.25) is 0 Å². The summed E-state index contributed by atoms with van der Waals surface area (Å²) in [4.78, 5) is 24.8. The Bertz CT molecular complexity index is 569. The minimum Gasteiger partial charge on any atom is -0.384 e. The van der Waals surface area contributed by atoms with Crippen LogP contribution < -0.4 is 16.0 Å². The molecule has 3 N–H and O–H groups in total. The first-order valence-electron chi connectivity index (χ1n) is 8.32. The number of amides is 2. The van der Waals surface area contributed by atoms with E-state index in [4.69, 9.17) is 4.74 Å². The Hall–Kier alpha value is -1.92. The van der Waals surface area contributed by atoms with Crippen molar-refractivity contribution in [2.75, 3.05) is 38.7 Å². The number of methoxy groups -OCH3 is 1. The molecule has 1 aliphatic heterocycles. The fourth-order valence-electron chi connectivity index (χ4n) is 3.16. The lowest BCUT2D eigenvalue weighted by Gasteiger charge is -2.35. The lowest BCUT2D eigenvalue weighted by molar-refractivity contribution is -0.137. The molecule has 6 nitrogen and oxygen atoms in total. The highest BCUT2D eigenvalue weighted by atomic mass is 16.5. The molecular formula is C18H27N3O3. The zero-order chi connectivity index (χ0) is 17.6. The van der Waals surface area contributed by atoms with E-state index in [1.54, 1.807) is 7.11 Å². The average molecular weight is 333 g/mol. The monoisotopic (exact) mass is 333 g/mol. The number of hydrogen-bond acceptors (Lipinski definition) is 4. The van der Waals surface area contributed by atoms with Crippen LogP contribution in [0.5, 0.6) is 0 Å². The molecule has 1 fully saturated rings. The Kier molecular flexibility index (Phi) is 6.34. The summed E-state index contributed by atoms with van der Waals surface area (Å²) < 4.78 is 5.25. The molecule has 24 heavy (non-hydrogen) atoms. The van der Waals surface area contributed by atoms with E-state index in [9.17, 15) is 9.59 Å². The first-order valence-corrected chi connectivity index (χ1v) is 8.32. The van der Waals surface area contributed by atoms with Gasteiger partial charge in [-0.05, 0) is 50.9 Å². The molecule has 0 aliphatic carbocycles. The number of piperidine rings is 1. The molecule has 0 aromatic heterocycles. The van der Waals surface area contributed by atoms with Crippen molar-refractivity contribution in [3.05, 3.63) is 29.3 Å². The van der Waals surface area contributed by atoms with E-state index in [1.165, 1.54) is 0 Å². The van der Waals surface area contributed by atoms with Crippen molar-refractivity contribution in [1.29, 1.82) is 0 Å². The van der Waals surface area contributed by atoms with E-state index in [1.807, 2.05) is 32.0 Å². The highest BCUT2D eigenvalue weighted by molar-refractivity contribution is 5.96. The summed E-state index contributed by atoms with van der Waals surface area (Å²) in [5.74, 6) is -0.329. The summed E-state index contributed by atoms with van der Waals surface area (Å²) in [7, 11) is 1.60. The molecule has 1 aromatic carbocycles. The number of ether oxygens (including phenoxy) is 1. The van der Waals surface area contributed by atoms with Crippen LogP contribution in [0.4, 0.5) is 5.69 Å². The van der Waals surface area contributed by atoms with Gasteiger partial charge < -0.3 is 20.7 Å². The lowest BCUT2D eigenvalue weighted by Crippen LogP contribution is -2.51. The first-order chi connectivity index (χ1) is 11.5. The van der Waals surface area contributed by atoms with Crippen molar-refractivity contribution in [3.8, 4) is 0 Å². The number of benzene rings is 1. The largest absolute Gasteiger partial charge is 0.384 e. The second-order valence-corrected chi connectivity index (χ2v) is 6.46. The van der Waals surface area contributed by atoms with Gasteiger partial charge in [-0.25, -0.2) is 0 Å². The molecule has 0 radical (unpaired) electrons. The molecule has 132 valence electrons. The lowest BCUT2D eigenvalue weighted by atomic mass is 9.78. The Morgan fingerprint density at radius 3 is 2.42 bits per heavy atom. The van der Waals surface area contributed by atoms with Gasteiger partial charge >= 0.3 is 0 Å². The van der Waals surface area contributed by atoms with Crippen LogP contribution >= 0.6 is 0 Å². The molecule has 0 bridgehead atoms. The van der Waals surface area contributed by atoms with Gasteiger partial charge in [0.2, 0.25) is 11.8 Å². The van der Waals surface area contributed by atoms with Crippen molar-refractivity contribution < 1.29 is 14.3 Å². The Labute approximate surface area is 143 Å². The summed E-state index contributed by atoms with van der Waals surface area (Å²) in [6.45, 7) is 5.80. The fraction of sp³-hybridized carbons (Fsp3) is 0.556. The zero-order valence-corrected chi connectivity index (χ0v) is 14.7. The van der Waals surface area contributed by atoms with Crippen molar-refractivity contribution in [1.82, 2.24) is 10.6 Å². The van der Waals surface area contributed by atoms with Gasteiger partial charge in [-0.15, -0.1) is 0 Å². The van der Waals surface area contributed by atoms with Crippen LogP contribution in [0.15, 0.2) is 18.2 Å². The summed E-state index contributed by atoms with van der Waals surface area (Å²) in [6.07, 6.45) is 1.43. The minimum atomic E-state index is -0.543. The zero-order valence-electron chi connectivity index (χ0n) is 14.7. The van der Waals surface area contributed by atoms with E-state index in [2.05, 4.69) is 16.0 Å². The highest BCUT2D eigenvalue weighted by Gasteiger charge is 2.39. The maximum Gasteiger partial charge on any atom is 0.243 e. The fourth-order valence-corrected chi connectivity index (χ4v) is 3.16. The quantitative estimate of drug-likeness (QED) is 0.735. The van der Waals surface area contributed by atoms with Crippen LogP contribution in [0, 0.1) is 19.3 Å². The van der Waals surface area contributed by atoms with Crippen LogP contribution in [0.3, 0.4) is 0 Å². The van der Waals surface area contributed by atoms with Crippen LogP contribution in [-0.4, -0.2) is 45.2 Å². The van der Waals surface area contributed by atoms with Crippen LogP contribution in [-0.2, 0) is 14.3 Å². The molecule has 0 atom stereocenters. The summed E-state index contributed by atoms with van der Waals surface area (Å²) >= 11 is 0. The first kappa shape index (κ1) is 18.4. The average Bonchev–Trinajstić information content (AvgIpc) is 2.57. The summed E-state index contributed by atoms with van der Waals surface area (Å²) in [5, 5.41) is 8.91. The third-order valence-electron chi connectivity index (χ3n) is 4.62. The number of para-hydroxylation sites is 1. The van der Waals surface area contributed by atoms with E-state index < -0.39 is 5.41 Å². The molecule has 6 heteroatoms. The predicted octanol–water partition coefficient (Wildman–Crippen LogP) is 1.37. The normalized spacial score (nSPS) is 16.5. The molecule has 0 saturated carbocycles. The summed E-state index contributed by atoms with van der Waals surface area (Å²) in [6, 6.07) is 5.85. The third kappa shape index (κ3) is 4.33. The standard InChI is InChI=1S/C18H27N3O3/c1-13-5-4-6-14(2)16(13)21-15(22)11-20-17(23)18(12-24-3)7-9-19-10-8-18/h4-6,19H,7-12H2,1-3H3,(H,20,23)(H,21,22).